The molecule has 0 saturated heterocycles. The fourth-order valence-electron chi connectivity index (χ4n) is 3.33. The van der Waals surface area contributed by atoms with E-state index in [9.17, 15) is 9.59 Å². The summed E-state index contributed by atoms with van der Waals surface area (Å²) in [4.78, 5) is 26.1. The van der Waals surface area contributed by atoms with Crippen LogP contribution < -0.4 is 10.9 Å². The number of carbonyl (C=O) groups is 2. The van der Waals surface area contributed by atoms with Crippen molar-refractivity contribution >= 4 is 23.2 Å². The van der Waals surface area contributed by atoms with Crippen molar-refractivity contribution < 1.29 is 9.59 Å². The van der Waals surface area contributed by atoms with Crippen LogP contribution in [0.3, 0.4) is 0 Å². The molecule has 2 N–H and O–H groups in total. The Morgan fingerprint density at radius 3 is 2.52 bits per heavy atom. The predicted octanol–water partition coefficient (Wildman–Crippen LogP) is 3.46. The fraction of sp³-hybridized carbons (Fsp3) is 0.667. The summed E-state index contributed by atoms with van der Waals surface area (Å²) in [7, 11) is 0. The van der Waals surface area contributed by atoms with Crippen molar-refractivity contribution in [2.24, 2.45) is 17.3 Å². The van der Waals surface area contributed by atoms with E-state index >= 15 is 0 Å². The molecular weight excluding hydrogens is 308 g/mol. The van der Waals surface area contributed by atoms with Gasteiger partial charge in [0, 0.05) is 10.8 Å². The molecule has 0 aromatic carbocycles. The number of hydrogen-bond acceptors (Lipinski definition) is 3. The lowest BCUT2D eigenvalue weighted by molar-refractivity contribution is -0.128. The van der Waals surface area contributed by atoms with Gasteiger partial charge in [-0.15, -0.1) is 11.3 Å². The number of fused-ring (bicyclic) bond motifs is 1. The number of hydrazine groups is 1. The van der Waals surface area contributed by atoms with E-state index in [0.29, 0.717) is 16.2 Å². The quantitative estimate of drug-likeness (QED) is 0.814. The first-order chi connectivity index (χ1) is 10.8. The highest BCUT2D eigenvalue weighted by atomic mass is 32.1. The van der Waals surface area contributed by atoms with Gasteiger partial charge >= 0.3 is 0 Å². The van der Waals surface area contributed by atoms with Gasteiger partial charge in [0.1, 0.15) is 0 Å². The smallest absolute Gasteiger partial charge is 0.273 e. The highest BCUT2D eigenvalue weighted by molar-refractivity contribution is 7.14. The lowest BCUT2D eigenvalue weighted by atomic mass is 9.72. The van der Waals surface area contributed by atoms with Gasteiger partial charge in [0.05, 0.1) is 4.88 Å². The van der Waals surface area contributed by atoms with Crippen LogP contribution in [0.2, 0.25) is 0 Å². The van der Waals surface area contributed by atoms with Crippen LogP contribution in [-0.4, -0.2) is 11.8 Å². The molecule has 0 bridgehead atoms. The van der Waals surface area contributed by atoms with Crippen molar-refractivity contribution in [2.45, 2.75) is 59.3 Å². The Kier molecular flexibility index (Phi) is 4.50. The lowest BCUT2D eigenvalue weighted by Gasteiger charge is -2.33. The minimum absolute atomic E-state index is 0.0567. The minimum atomic E-state index is -0.190. The van der Waals surface area contributed by atoms with E-state index in [4.69, 9.17) is 0 Å². The molecule has 1 aromatic heterocycles. The van der Waals surface area contributed by atoms with Crippen molar-refractivity contribution in [3.8, 4) is 0 Å². The van der Waals surface area contributed by atoms with Gasteiger partial charge in [0.2, 0.25) is 5.91 Å². The lowest BCUT2D eigenvalue weighted by Crippen LogP contribution is -2.45. The van der Waals surface area contributed by atoms with Gasteiger partial charge in [0.25, 0.3) is 5.91 Å². The van der Waals surface area contributed by atoms with E-state index in [-0.39, 0.29) is 17.7 Å². The molecule has 0 radical (unpaired) electrons. The van der Waals surface area contributed by atoms with Crippen LogP contribution in [0, 0.1) is 17.3 Å². The minimum Gasteiger partial charge on any atom is -0.273 e. The zero-order valence-electron chi connectivity index (χ0n) is 14.2. The second-order valence-corrected chi connectivity index (χ2v) is 9.07. The average molecular weight is 334 g/mol. The molecule has 1 aromatic rings. The van der Waals surface area contributed by atoms with Crippen molar-refractivity contribution in [1.82, 2.24) is 10.9 Å². The molecule has 1 saturated carbocycles. The number of amides is 2. The molecule has 0 aliphatic heterocycles. The Bertz CT molecular complexity index is 611. The predicted molar refractivity (Wildman–Crippen MR) is 92.2 cm³/mol. The zero-order valence-corrected chi connectivity index (χ0v) is 15.0. The molecule has 0 unspecified atom stereocenters. The highest BCUT2D eigenvalue weighted by Gasteiger charge is 2.30. The molecule has 1 atom stereocenters. The molecular formula is C18H26N2O2S. The molecule has 2 aliphatic carbocycles. The molecule has 1 fully saturated rings. The summed E-state index contributed by atoms with van der Waals surface area (Å²) in [6, 6.07) is 2.02. The second-order valence-electron chi connectivity index (χ2n) is 7.94. The summed E-state index contributed by atoms with van der Waals surface area (Å²) in [6.45, 7) is 6.87. The fourth-order valence-corrected chi connectivity index (χ4v) is 4.43. The Hall–Kier alpha value is -1.36. The van der Waals surface area contributed by atoms with Gasteiger partial charge in [-0.05, 0) is 55.1 Å². The van der Waals surface area contributed by atoms with E-state index in [1.165, 1.54) is 16.9 Å². The number of thiophene rings is 1. The Labute approximate surface area is 142 Å². The first-order valence-electron chi connectivity index (χ1n) is 8.56. The summed E-state index contributed by atoms with van der Waals surface area (Å²) in [5.41, 5.74) is 6.76. The SMILES string of the molecule is CC(C)(C)[C@@H]1CCc2sc(C(=O)NNC(=O)C3CCC3)cc2C1. The summed E-state index contributed by atoms with van der Waals surface area (Å²) in [5.74, 6) is 0.501. The standard InChI is InChI=1S/C18H26N2O2S/c1-18(2,3)13-7-8-14-12(9-13)10-15(23-14)17(22)20-19-16(21)11-5-4-6-11/h10-11,13H,4-9H2,1-3H3,(H,19,21)(H,20,22)/t13-/m1/s1. The maximum Gasteiger partial charge on any atom is 0.279 e. The van der Waals surface area contributed by atoms with E-state index in [1.807, 2.05) is 6.07 Å². The number of aryl methyl sites for hydroxylation is 1. The van der Waals surface area contributed by atoms with Gasteiger partial charge in [-0.25, -0.2) is 0 Å². The zero-order chi connectivity index (χ0) is 16.6. The summed E-state index contributed by atoms with van der Waals surface area (Å²) < 4.78 is 0. The first-order valence-corrected chi connectivity index (χ1v) is 9.38. The largest absolute Gasteiger partial charge is 0.279 e. The van der Waals surface area contributed by atoms with Gasteiger partial charge in [0.15, 0.2) is 0 Å². The Morgan fingerprint density at radius 2 is 1.91 bits per heavy atom. The third kappa shape index (κ3) is 3.60. The summed E-state index contributed by atoms with van der Waals surface area (Å²) in [5, 5.41) is 0. The number of nitrogens with one attached hydrogen (secondary N) is 2. The van der Waals surface area contributed by atoms with E-state index < -0.39 is 0 Å². The van der Waals surface area contributed by atoms with Crippen LogP contribution in [0.15, 0.2) is 6.07 Å². The second kappa shape index (κ2) is 6.27. The van der Waals surface area contributed by atoms with Crippen LogP contribution in [0.5, 0.6) is 0 Å². The molecule has 1 heterocycles. The van der Waals surface area contributed by atoms with E-state index in [1.54, 1.807) is 11.3 Å². The molecule has 4 nitrogen and oxygen atoms in total. The number of rotatable bonds is 2. The van der Waals surface area contributed by atoms with E-state index in [2.05, 4.69) is 31.6 Å². The molecule has 23 heavy (non-hydrogen) atoms. The van der Waals surface area contributed by atoms with Gasteiger partial charge in [-0.2, -0.15) is 0 Å². The Balaban J connectivity index is 1.60. The number of hydrogen-bond donors (Lipinski definition) is 2. The van der Waals surface area contributed by atoms with Crippen LogP contribution in [0.4, 0.5) is 0 Å². The van der Waals surface area contributed by atoms with Crippen molar-refractivity contribution in [2.75, 3.05) is 0 Å². The number of carbonyl (C=O) groups excluding carboxylic acids is 2. The third-order valence-electron chi connectivity index (χ3n) is 5.31. The van der Waals surface area contributed by atoms with Crippen molar-refractivity contribution in [3.05, 3.63) is 21.4 Å². The molecule has 126 valence electrons. The monoisotopic (exact) mass is 334 g/mol. The topological polar surface area (TPSA) is 58.2 Å². The van der Waals surface area contributed by atoms with Crippen molar-refractivity contribution in [1.29, 1.82) is 0 Å². The molecule has 3 rings (SSSR count). The normalized spacial score (nSPS) is 21.3. The summed E-state index contributed by atoms with van der Waals surface area (Å²) >= 11 is 1.57. The van der Waals surface area contributed by atoms with E-state index in [0.717, 1.165) is 32.1 Å². The van der Waals surface area contributed by atoms with Crippen LogP contribution >= 0.6 is 11.3 Å². The van der Waals surface area contributed by atoms with Gasteiger partial charge in [-0.1, -0.05) is 27.2 Å². The maximum absolute atomic E-state index is 12.3. The van der Waals surface area contributed by atoms with Gasteiger partial charge in [-0.3, -0.25) is 20.4 Å². The van der Waals surface area contributed by atoms with Crippen LogP contribution in [-0.2, 0) is 17.6 Å². The van der Waals surface area contributed by atoms with Crippen LogP contribution in [0.1, 0.15) is 66.6 Å². The average Bonchev–Trinajstić information content (AvgIpc) is 2.84. The highest BCUT2D eigenvalue weighted by Crippen LogP contribution is 2.40. The molecule has 5 heteroatoms. The maximum atomic E-state index is 12.3. The van der Waals surface area contributed by atoms with Gasteiger partial charge < -0.3 is 0 Å². The third-order valence-corrected chi connectivity index (χ3v) is 6.54. The molecule has 0 spiro atoms. The molecule has 2 amide bonds. The first kappa shape index (κ1) is 16.5. The Morgan fingerprint density at radius 1 is 1.17 bits per heavy atom. The van der Waals surface area contributed by atoms with Crippen LogP contribution in [0.25, 0.3) is 0 Å². The van der Waals surface area contributed by atoms with Crippen molar-refractivity contribution in [3.63, 3.8) is 0 Å². The molecule has 2 aliphatic rings. The summed E-state index contributed by atoms with van der Waals surface area (Å²) in [6.07, 6.45) is 6.28.